The Morgan fingerprint density at radius 2 is 1.61 bits per heavy atom. The third kappa shape index (κ3) is 3.97. The zero-order valence-corrected chi connectivity index (χ0v) is 15.3. The molecule has 2 atom stereocenters. The van der Waals surface area contributed by atoms with E-state index in [1.807, 2.05) is 27.7 Å². The predicted octanol–water partition coefficient (Wildman–Crippen LogP) is 3.45. The summed E-state index contributed by atoms with van der Waals surface area (Å²) in [7, 11) is 3.35. The van der Waals surface area contributed by atoms with Crippen LogP contribution in [0, 0.1) is 12.3 Å². The quantitative estimate of drug-likeness (QED) is 0.531. The molecular weight excluding hydrogens is 292 g/mol. The van der Waals surface area contributed by atoms with Gasteiger partial charge in [0.05, 0.1) is 11.2 Å². The van der Waals surface area contributed by atoms with Crippen molar-refractivity contribution < 1.29 is 18.9 Å². The predicted molar refractivity (Wildman–Crippen MR) is 90.0 cm³/mol. The number of methoxy groups -OCH3 is 2. The molecule has 2 fully saturated rings. The molecule has 0 amide bonds. The van der Waals surface area contributed by atoms with Crippen LogP contribution in [0.15, 0.2) is 11.6 Å². The minimum Gasteiger partial charge on any atom is -0.376 e. The Morgan fingerprint density at radius 3 is 1.96 bits per heavy atom. The van der Waals surface area contributed by atoms with Gasteiger partial charge in [-0.3, -0.25) is 0 Å². The summed E-state index contributed by atoms with van der Waals surface area (Å²) in [6, 6.07) is 0. The smallest absolute Gasteiger partial charge is 0.234 e. The van der Waals surface area contributed by atoms with E-state index in [1.54, 1.807) is 14.2 Å². The average Bonchev–Trinajstić information content (AvgIpc) is 3.25. The lowest BCUT2D eigenvalue weighted by atomic mass is 9.87. The molecule has 1 saturated carbocycles. The summed E-state index contributed by atoms with van der Waals surface area (Å²) >= 11 is 0. The first kappa shape index (κ1) is 18.5. The van der Waals surface area contributed by atoms with Gasteiger partial charge < -0.3 is 18.9 Å². The van der Waals surface area contributed by atoms with Crippen molar-refractivity contribution in [3.8, 4) is 12.3 Å². The molecule has 0 aromatic rings. The van der Waals surface area contributed by atoms with Crippen molar-refractivity contribution >= 4 is 0 Å². The largest absolute Gasteiger partial charge is 0.376 e. The second kappa shape index (κ2) is 6.57. The molecule has 0 aromatic carbocycles. The van der Waals surface area contributed by atoms with E-state index in [-0.39, 0.29) is 12.2 Å². The van der Waals surface area contributed by atoms with E-state index in [1.165, 1.54) is 18.4 Å². The van der Waals surface area contributed by atoms with Crippen molar-refractivity contribution in [1.29, 1.82) is 0 Å². The molecule has 1 aliphatic carbocycles. The van der Waals surface area contributed by atoms with Crippen LogP contribution in [0.2, 0.25) is 0 Å². The zero-order valence-electron chi connectivity index (χ0n) is 15.3. The van der Waals surface area contributed by atoms with E-state index in [0.717, 1.165) is 6.42 Å². The van der Waals surface area contributed by atoms with Gasteiger partial charge in [-0.15, -0.1) is 6.42 Å². The lowest BCUT2D eigenvalue weighted by Crippen LogP contribution is -2.53. The molecule has 0 spiro atoms. The normalized spacial score (nSPS) is 26.9. The van der Waals surface area contributed by atoms with E-state index < -0.39 is 17.0 Å². The van der Waals surface area contributed by atoms with Crippen LogP contribution < -0.4 is 0 Å². The Hall–Kier alpha value is -0.860. The van der Waals surface area contributed by atoms with Gasteiger partial charge in [-0.1, -0.05) is 11.6 Å². The Balaban J connectivity index is 2.22. The topological polar surface area (TPSA) is 36.9 Å². The highest BCUT2D eigenvalue weighted by atomic mass is 16.8. The number of hydrogen-bond donors (Lipinski definition) is 0. The van der Waals surface area contributed by atoms with Gasteiger partial charge in [-0.25, -0.2) is 0 Å². The van der Waals surface area contributed by atoms with E-state index >= 15 is 0 Å². The third-order valence-electron chi connectivity index (χ3n) is 5.00. The van der Waals surface area contributed by atoms with Gasteiger partial charge in [0.1, 0.15) is 12.2 Å². The molecular formula is C19H30O4. The van der Waals surface area contributed by atoms with Gasteiger partial charge in [0.2, 0.25) is 5.79 Å². The first-order valence-corrected chi connectivity index (χ1v) is 8.31. The van der Waals surface area contributed by atoms with Crippen LogP contribution in [0.25, 0.3) is 0 Å². The zero-order chi connectivity index (χ0) is 17.3. The molecule has 23 heavy (non-hydrogen) atoms. The molecule has 4 nitrogen and oxygen atoms in total. The van der Waals surface area contributed by atoms with Crippen LogP contribution >= 0.6 is 0 Å². The maximum absolute atomic E-state index is 6.26. The molecule has 0 radical (unpaired) electrons. The van der Waals surface area contributed by atoms with Crippen LogP contribution in [0.1, 0.15) is 53.4 Å². The second-order valence-electron chi connectivity index (χ2n) is 7.49. The van der Waals surface area contributed by atoms with E-state index in [2.05, 4.69) is 12.0 Å². The summed E-state index contributed by atoms with van der Waals surface area (Å²) < 4.78 is 23.8. The number of terminal acetylenes is 1. The van der Waals surface area contributed by atoms with Crippen LogP contribution in [0.3, 0.4) is 0 Å². The molecule has 130 valence electrons. The summed E-state index contributed by atoms with van der Waals surface area (Å²) in [6.07, 6.45) is 11.3. The van der Waals surface area contributed by atoms with Crippen LogP contribution in [-0.2, 0) is 18.9 Å². The van der Waals surface area contributed by atoms with Crippen LogP contribution in [0.4, 0.5) is 0 Å². The van der Waals surface area contributed by atoms with Crippen LogP contribution in [-0.4, -0.2) is 43.4 Å². The molecule has 0 N–H and O–H groups in total. The maximum Gasteiger partial charge on any atom is 0.234 e. The average molecular weight is 322 g/mol. The highest BCUT2D eigenvalue weighted by molar-refractivity contribution is 5.17. The van der Waals surface area contributed by atoms with Crippen molar-refractivity contribution in [2.24, 2.45) is 0 Å². The summed E-state index contributed by atoms with van der Waals surface area (Å²) in [6.45, 7) is 7.94. The van der Waals surface area contributed by atoms with E-state index in [0.29, 0.717) is 6.42 Å². The molecule has 1 aliphatic heterocycles. The molecule has 0 aromatic heterocycles. The monoisotopic (exact) mass is 322 g/mol. The Labute approximate surface area is 140 Å². The third-order valence-corrected chi connectivity index (χ3v) is 5.00. The van der Waals surface area contributed by atoms with Crippen molar-refractivity contribution in [3.05, 3.63) is 11.6 Å². The molecule has 0 bridgehead atoms. The van der Waals surface area contributed by atoms with E-state index in [4.69, 9.17) is 25.4 Å². The lowest BCUT2D eigenvalue weighted by molar-refractivity contribution is -0.164. The Kier molecular flexibility index (Phi) is 5.27. The summed E-state index contributed by atoms with van der Waals surface area (Å²) in [4.78, 5) is 0. The maximum atomic E-state index is 6.26. The molecule has 2 rings (SSSR count). The van der Waals surface area contributed by atoms with Gasteiger partial charge >= 0.3 is 0 Å². The minimum absolute atomic E-state index is 0.313. The van der Waals surface area contributed by atoms with Gasteiger partial charge in [0.25, 0.3) is 0 Å². The Morgan fingerprint density at radius 1 is 1.13 bits per heavy atom. The molecule has 0 unspecified atom stereocenters. The molecule has 1 heterocycles. The molecule has 4 heteroatoms. The fraction of sp³-hybridized carbons (Fsp3) is 0.789. The van der Waals surface area contributed by atoms with Crippen molar-refractivity contribution in [2.75, 3.05) is 14.2 Å². The highest BCUT2D eigenvalue weighted by Crippen LogP contribution is 2.43. The molecule has 1 saturated heterocycles. The first-order valence-electron chi connectivity index (χ1n) is 8.31. The highest BCUT2D eigenvalue weighted by Gasteiger charge is 2.57. The second-order valence-corrected chi connectivity index (χ2v) is 7.49. The summed E-state index contributed by atoms with van der Waals surface area (Å²) in [5.74, 6) is 1.72. The number of rotatable bonds is 7. The number of allylic oxidation sites excluding steroid dienone is 2. The fourth-order valence-corrected chi connectivity index (χ4v) is 2.81. The van der Waals surface area contributed by atoms with Crippen molar-refractivity contribution in [2.45, 2.75) is 82.6 Å². The van der Waals surface area contributed by atoms with E-state index in [9.17, 15) is 0 Å². The first-order chi connectivity index (χ1) is 10.7. The molecule has 2 aliphatic rings. The number of ether oxygens (including phenoxy) is 4. The van der Waals surface area contributed by atoms with Crippen molar-refractivity contribution in [1.82, 2.24) is 0 Å². The lowest BCUT2D eigenvalue weighted by Gasteiger charge is -2.38. The van der Waals surface area contributed by atoms with Gasteiger partial charge in [-0.05, 0) is 52.9 Å². The SMILES string of the molecule is C#CC1(CCC=C2CC2)O[C@@H](C(C)(C)OC)[C@H](C(C)(C)OC)O1. The van der Waals surface area contributed by atoms with Gasteiger partial charge in [-0.2, -0.15) is 0 Å². The van der Waals surface area contributed by atoms with Crippen LogP contribution in [0.5, 0.6) is 0 Å². The minimum atomic E-state index is -1.02. The Bertz CT molecular complexity index is 468. The van der Waals surface area contributed by atoms with Gasteiger partial charge in [0.15, 0.2) is 0 Å². The van der Waals surface area contributed by atoms with Crippen molar-refractivity contribution in [3.63, 3.8) is 0 Å². The number of hydrogen-bond acceptors (Lipinski definition) is 4. The summed E-state index contributed by atoms with van der Waals surface area (Å²) in [5, 5.41) is 0. The fourth-order valence-electron chi connectivity index (χ4n) is 2.81. The summed E-state index contributed by atoms with van der Waals surface area (Å²) in [5.41, 5.74) is 0.430. The van der Waals surface area contributed by atoms with Gasteiger partial charge in [0, 0.05) is 20.6 Å². The standard InChI is InChI=1S/C19H30O4/c1-8-19(13-9-10-14-11-12-14)22-15(17(2,3)20-6)16(23-19)18(4,5)21-7/h1,10,15-16H,9,11-13H2,2-7H3/t15-,16-/m1/s1.